The number of amides is 1. The lowest BCUT2D eigenvalue weighted by Gasteiger charge is -2.25. The van der Waals surface area contributed by atoms with Gasteiger partial charge in [-0.2, -0.15) is 11.8 Å². The highest BCUT2D eigenvalue weighted by molar-refractivity contribution is 7.98. The van der Waals surface area contributed by atoms with Crippen LogP contribution in [0.1, 0.15) is 26.2 Å². The number of thioether (sulfide) groups is 1. The Morgan fingerprint density at radius 1 is 1.60 bits per heavy atom. The zero-order valence-electron chi connectivity index (χ0n) is 9.90. The van der Waals surface area contributed by atoms with Gasteiger partial charge < -0.3 is 10.6 Å². The monoisotopic (exact) mass is 230 g/mol. The highest BCUT2D eigenvalue weighted by Gasteiger charge is 2.30. The molecule has 2 atom stereocenters. The summed E-state index contributed by atoms with van der Waals surface area (Å²) in [6, 6.07) is 0.389. The van der Waals surface area contributed by atoms with E-state index in [4.69, 9.17) is 5.73 Å². The molecular weight excluding hydrogens is 208 g/mol. The molecule has 0 aromatic rings. The van der Waals surface area contributed by atoms with Gasteiger partial charge in [-0.15, -0.1) is 0 Å². The van der Waals surface area contributed by atoms with E-state index in [0.717, 1.165) is 5.75 Å². The maximum Gasteiger partial charge on any atom is 0.224 e. The van der Waals surface area contributed by atoms with E-state index in [1.54, 1.807) is 11.8 Å². The molecule has 1 aliphatic carbocycles. The highest BCUT2D eigenvalue weighted by Crippen LogP contribution is 2.33. The van der Waals surface area contributed by atoms with Crippen LogP contribution in [0, 0.1) is 5.92 Å². The standard InChI is InChI=1S/C11H22N2OS/c1-8(7-15-3)13(2)11(14)6-10(12)9-4-5-9/h8-10H,4-7,12H2,1-3H3. The van der Waals surface area contributed by atoms with Crippen molar-refractivity contribution in [2.45, 2.75) is 38.3 Å². The van der Waals surface area contributed by atoms with Gasteiger partial charge in [-0.3, -0.25) is 4.79 Å². The highest BCUT2D eigenvalue weighted by atomic mass is 32.2. The van der Waals surface area contributed by atoms with Crippen LogP contribution >= 0.6 is 11.8 Å². The van der Waals surface area contributed by atoms with Crippen LogP contribution in [0.3, 0.4) is 0 Å². The number of rotatable bonds is 6. The summed E-state index contributed by atoms with van der Waals surface area (Å²) in [5, 5.41) is 0. The molecule has 2 unspecified atom stereocenters. The lowest BCUT2D eigenvalue weighted by molar-refractivity contribution is -0.131. The molecular formula is C11H22N2OS. The normalized spacial score (nSPS) is 19.7. The molecule has 1 fully saturated rings. The average Bonchev–Trinajstić information content (AvgIpc) is 2.99. The van der Waals surface area contributed by atoms with Gasteiger partial charge in [-0.1, -0.05) is 0 Å². The lowest BCUT2D eigenvalue weighted by atomic mass is 10.1. The summed E-state index contributed by atoms with van der Waals surface area (Å²) in [7, 11) is 1.88. The number of carbonyl (C=O) groups excluding carboxylic acids is 1. The molecule has 88 valence electrons. The van der Waals surface area contributed by atoms with Crippen LogP contribution in [0.25, 0.3) is 0 Å². The van der Waals surface area contributed by atoms with E-state index >= 15 is 0 Å². The Hall–Kier alpha value is -0.220. The SMILES string of the molecule is CSCC(C)N(C)C(=O)CC(N)C1CC1. The third kappa shape index (κ3) is 4.03. The summed E-state index contributed by atoms with van der Waals surface area (Å²) in [6.45, 7) is 2.08. The zero-order valence-corrected chi connectivity index (χ0v) is 10.7. The molecule has 1 amide bonds. The molecule has 0 aromatic carbocycles. The van der Waals surface area contributed by atoms with Gasteiger partial charge in [0.1, 0.15) is 0 Å². The second-order valence-corrected chi connectivity index (χ2v) is 5.43. The summed E-state index contributed by atoms with van der Waals surface area (Å²) in [6.07, 6.45) is 4.99. The van der Waals surface area contributed by atoms with E-state index in [0.29, 0.717) is 18.4 Å². The van der Waals surface area contributed by atoms with Crippen LogP contribution in [0.4, 0.5) is 0 Å². The molecule has 15 heavy (non-hydrogen) atoms. The molecule has 0 saturated heterocycles. The molecule has 1 rings (SSSR count). The Bertz CT molecular complexity index is 219. The summed E-state index contributed by atoms with van der Waals surface area (Å²) >= 11 is 1.77. The van der Waals surface area contributed by atoms with Gasteiger partial charge in [0, 0.05) is 31.3 Å². The predicted octanol–water partition coefficient (Wildman–Crippen LogP) is 1.32. The predicted molar refractivity (Wildman–Crippen MR) is 65.9 cm³/mol. The fourth-order valence-corrected chi connectivity index (χ4v) is 2.34. The van der Waals surface area contributed by atoms with Gasteiger partial charge in [0.2, 0.25) is 5.91 Å². The van der Waals surface area contributed by atoms with Crippen molar-refractivity contribution in [1.29, 1.82) is 0 Å². The maximum absolute atomic E-state index is 11.8. The van der Waals surface area contributed by atoms with E-state index in [9.17, 15) is 4.79 Å². The Balaban J connectivity index is 2.30. The Kier molecular flexibility index (Phi) is 4.93. The molecule has 0 bridgehead atoms. The number of nitrogens with zero attached hydrogens (tertiary/aromatic N) is 1. The molecule has 0 spiro atoms. The molecule has 3 nitrogen and oxygen atoms in total. The van der Waals surface area contributed by atoms with E-state index in [2.05, 4.69) is 13.2 Å². The molecule has 0 heterocycles. The van der Waals surface area contributed by atoms with Crippen molar-refractivity contribution in [3.8, 4) is 0 Å². The fourth-order valence-electron chi connectivity index (χ4n) is 1.64. The first-order chi connectivity index (χ1) is 7.06. The van der Waals surface area contributed by atoms with Crippen molar-refractivity contribution in [3.63, 3.8) is 0 Å². The topological polar surface area (TPSA) is 46.3 Å². The number of carbonyl (C=O) groups is 1. The van der Waals surface area contributed by atoms with Crippen molar-refractivity contribution in [3.05, 3.63) is 0 Å². The summed E-state index contributed by atoms with van der Waals surface area (Å²) in [5.41, 5.74) is 5.94. The van der Waals surface area contributed by atoms with Crippen LogP contribution in [-0.2, 0) is 4.79 Å². The quantitative estimate of drug-likeness (QED) is 0.748. The summed E-state index contributed by atoms with van der Waals surface area (Å²) in [4.78, 5) is 13.7. The van der Waals surface area contributed by atoms with Crippen LogP contribution < -0.4 is 5.73 Å². The summed E-state index contributed by atoms with van der Waals surface area (Å²) < 4.78 is 0. The van der Waals surface area contributed by atoms with E-state index in [1.165, 1.54) is 12.8 Å². The zero-order chi connectivity index (χ0) is 11.4. The molecule has 4 heteroatoms. The second-order valence-electron chi connectivity index (χ2n) is 4.51. The van der Waals surface area contributed by atoms with E-state index in [1.807, 2.05) is 11.9 Å². The van der Waals surface area contributed by atoms with Gasteiger partial charge in [0.05, 0.1) is 0 Å². The minimum Gasteiger partial charge on any atom is -0.342 e. The molecule has 0 aliphatic heterocycles. The third-order valence-corrected chi connectivity index (χ3v) is 3.92. The van der Waals surface area contributed by atoms with Crippen LogP contribution in [0.5, 0.6) is 0 Å². The number of nitrogens with two attached hydrogens (primary N) is 1. The van der Waals surface area contributed by atoms with Crippen molar-refractivity contribution in [2.24, 2.45) is 11.7 Å². The Labute approximate surface area is 96.8 Å². The molecule has 0 aromatic heterocycles. The minimum absolute atomic E-state index is 0.0847. The summed E-state index contributed by atoms with van der Waals surface area (Å²) in [5.74, 6) is 1.79. The van der Waals surface area contributed by atoms with Crippen LogP contribution in [0.2, 0.25) is 0 Å². The minimum atomic E-state index is 0.0847. The van der Waals surface area contributed by atoms with Gasteiger partial charge in [0.15, 0.2) is 0 Å². The molecule has 1 saturated carbocycles. The van der Waals surface area contributed by atoms with Crippen molar-refractivity contribution < 1.29 is 4.79 Å². The van der Waals surface area contributed by atoms with Crippen LogP contribution in [0.15, 0.2) is 0 Å². The van der Waals surface area contributed by atoms with E-state index in [-0.39, 0.29) is 11.9 Å². The van der Waals surface area contributed by atoms with Gasteiger partial charge in [-0.25, -0.2) is 0 Å². The molecule has 2 N–H and O–H groups in total. The lowest BCUT2D eigenvalue weighted by Crippen LogP contribution is -2.40. The maximum atomic E-state index is 11.8. The van der Waals surface area contributed by atoms with Crippen molar-refractivity contribution in [1.82, 2.24) is 4.90 Å². The third-order valence-electron chi connectivity index (χ3n) is 3.10. The first-order valence-electron chi connectivity index (χ1n) is 5.56. The molecule has 1 aliphatic rings. The first kappa shape index (κ1) is 12.8. The Morgan fingerprint density at radius 3 is 2.67 bits per heavy atom. The number of hydrogen-bond donors (Lipinski definition) is 1. The molecule has 0 radical (unpaired) electrons. The smallest absolute Gasteiger partial charge is 0.224 e. The second kappa shape index (κ2) is 5.75. The fraction of sp³-hybridized carbons (Fsp3) is 0.909. The first-order valence-corrected chi connectivity index (χ1v) is 6.95. The van der Waals surface area contributed by atoms with Gasteiger partial charge in [-0.05, 0) is 31.9 Å². The number of hydrogen-bond acceptors (Lipinski definition) is 3. The Morgan fingerprint density at radius 2 is 2.20 bits per heavy atom. The van der Waals surface area contributed by atoms with Gasteiger partial charge >= 0.3 is 0 Å². The average molecular weight is 230 g/mol. The van der Waals surface area contributed by atoms with Crippen LogP contribution in [-0.4, -0.2) is 41.9 Å². The van der Waals surface area contributed by atoms with E-state index < -0.39 is 0 Å². The largest absolute Gasteiger partial charge is 0.342 e. The van der Waals surface area contributed by atoms with Crippen molar-refractivity contribution in [2.75, 3.05) is 19.1 Å². The van der Waals surface area contributed by atoms with Crippen molar-refractivity contribution >= 4 is 17.7 Å². The van der Waals surface area contributed by atoms with Gasteiger partial charge in [0.25, 0.3) is 0 Å².